The second-order valence-electron chi connectivity index (χ2n) is 5.26. The lowest BCUT2D eigenvalue weighted by atomic mass is 10.0. The second-order valence-corrected chi connectivity index (χ2v) is 7.82. The van der Waals surface area contributed by atoms with Gasteiger partial charge < -0.3 is 4.90 Å². The smallest absolute Gasteiger partial charge is 0.261 e. The Morgan fingerprint density at radius 2 is 2.05 bits per heavy atom. The summed E-state index contributed by atoms with van der Waals surface area (Å²) in [5.41, 5.74) is 1.18. The number of aryl methyl sites for hydroxylation is 1. The summed E-state index contributed by atoms with van der Waals surface area (Å²) in [5, 5.41) is 0. The topological polar surface area (TPSA) is 54.5 Å². The Labute approximate surface area is 124 Å². The molecule has 1 fully saturated rings. The summed E-state index contributed by atoms with van der Waals surface area (Å²) in [6.45, 7) is 4.54. The number of piperidine rings is 1. The van der Waals surface area contributed by atoms with Crippen molar-refractivity contribution >= 4 is 25.6 Å². The molecule has 0 spiro atoms. The quantitative estimate of drug-likeness (QED) is 0.788. The molecule has 0 aromatic heterocycles. The number of carbonyl (C=O) groups excluding carboxylic acids is 1. The van der Waals surface area contributed by atoms with Crippen molar-refractivity contribution < 1.29 is 13.2 Å². The third-order valence-electron chi connectivity index (χ3n) is 3.78. The summed E-state index contributed by atoms with van der Waals surface area (Å²) in [5.74, 6) is -0.114. The zero-order valence-corrected chi connectivity index (χ0v) is 13.2. The molecule has 1 heterocycles. The van der Waals surface area contributed by atoms with Gasteiger partial charge in [-0.3, -0.25) is 4.79 Å². The summed E-state index contributed by atoms with van der Waals surface area (Å²) >= 11 is 0. The molecular weight excluding hydrogens is 298 g/mol. The highest BCUT2D eigenvalue weighted by Gasteiger charge is 2.26. The molecule has 0 saturated carbocycles. The highest BCUT2D eigenvalue weighted by atomic mass is 35.7. The van der Waals surface area contributed by atoms with Gasteiger partial charge in [0.1, 0.15) is 0 Å². The van der Waals surface area contributed by atoms with Gasteiger partial charge >= 0.3 is 0 Å². The van der Waals surface area contributed by atoms with Crippen molar-refractivity contribution in [2.45, 2.75) is 44.0 Å². The first kappa shape index (κ1) is 15.3. The number of likely N-dealkylation sites (tertiary alicyclic amines) is 1. The van der Waals surface area contributed by atoms with Crippen LogP contribution < -0.4 is 0 Å². The molecule has 1 saturated heterocycles. The van der Waals surface area contributed by atoms with Crippen molar-refractivity contribution in [2.24, 2.45) is 0 Å². The van der Waals surface area contributed by atoms with Crippen LogP contribution in [0.15, 0.2) is 23.1 Å². The monoisotopic (exact) mass is 315 g/mol. The Hall–Kier alpha value is -1.07. The first-order chi connectivity index (χ1) is 9.30. The van der Waals surface area contributed by atoms with E-state index in [9.17, 15) is 13.2 Å². The maximum absolute atomic E-state index is 12.6. The molecule has 1 atom stereocenters. The van der Waals surface area contributed by atoms with E-state index in [4.69, 9.17) is 10.7 Å². The van der Waals surface area contributed by atoms with Crippen molar-refractivity contribution in [3.05, 3.63) is 29.3 Å². The van der Waals surface area contributed by atoms with E-state index in [0.717, 1.165) is 31.4 Å². The van der Waals surface area contributed by atoms with Gasteiger partial charge in [0.25, 0.3) is 15.0 Å². The van der Waals surface area contributed by atoms with Crippen molar-refractivity contribution in [1.82, 2.24) is 4.90 Å². The number of amides is 1. The van der Waals surface area contributed by atoms with Crippen molar-refractivity contribution in [2.75, 3.05) is 6.54 Å². The Balaban J connectivity index is 2.38. The number of carbonyl (C=O) groups is 1. The molecule has 0 radical (unpaired) electrons. The van der Waals surface area contributed by atoms with Crippen molar-refractivity contribution in [3.63, 3.8) is 0 Å². The van der Waals surface area contributed by atoms with E-state index in [1.165, 1.54) is 12.1 Å². The molecule has 1 amide bonds. The number of rotatable bonds is 2. The van der Waals surface area contributed by atoms with Crippen molar-refractivity contribution in [1.29, 1.82) is 0 Å². The van der Waals surface area contributed by atoms with Gasteiger partial charge in [-0.1, -0.05) is 6.07 Å². The first-order valence-electron chi connectivity index (χ1n) is 6.67. The zero-order chi connectivity index (χ0) is 14.9. The Kier molecular flexibility index (Phi) is 4.39. The van der Waals surface area contributed by atoms with E-state index in [-0.39, 0.29) is 16.8 Å². The molecule has 4 nitrogen and oxygen atoms in total. The number of hydrogen-bond acceptors (Lipinski definition) is 3. The normalized spacial score (nSPS) is 19.9. The highest BCUT2D eigenvalue weighted by molar-refractivity contribution is 8.13. The van der Waals surface area contributed by atoms with Gasteiger partial charge in [-0.25, -0.2) is 8.42 Å². The minimum absolute atomic E-state index is 0.0298. The number of halogens is 1. The Bertz CT molecular complexity index is 627. The summed E-state index contributed by atoms with van der Waals surface area (Å²) in [4.78, 5) is 14.4. The summed E-state index contributed by atoms with van der Waals surface area (Å²) in [6, 6.07) is 4.61. The predicted molar refractivity (Wildman–Crippen MR) is 78.6 cm³/mol. The molecule has 1 aromatic carbocycles. The van der Waals surface area contributed by atoms with Gasteiger partial charge in [-0.05, 0) is 50.8 Å². The van der Waals surface area contributed by atoms with Crippen LogP contribution in [0.3, 0.4) is 0 Å². The van der Waals surface area contributed by atoms with E-state index in [1.54, 1.807) is 13.0 Å². The molecule has 1 aromatic rings. The van der Waals surface area contributed by atoms with Crippen LogP contribution in [0.5, 0.6) is 0 Å². The van der Waals surface area contributed by atoms with Gasteiger partial charge in [-0.15, -0.1) is 0 Å². The van der Waals surface area contributed by atoms with E-state index >= 15 is 0 Å². The van der Waals surface area contributed by atoms with E-state index < -0.39 is 9.05 Å². The molecule has 1 aliphatic heterocycles. The molecule has 1 aliphatic rings. The number of benzene rings is 1. The van der Waals surface area contributed by atoms with Crippen LogP contribution >= 0.6 is 10.7 Å². The Morgan fingerprint density at radius 3 is 2.65 bits per heavy atom. The molecule has 110 valence electrons. The van der Waals surface area contributed by atoms with Crippen LogP contribution in [-0.4, -0.2) is 31.8 Å². The van der Waals surface area contributed by atoms with Crippen LogP contribution in [0.25, 0.3) is 0 Å². The maximum atomic E-state index is 12.6. The summed E-state index contributed by atoms with van der Waals surface area (Å²) in [7, 11) is 1.53. The minimum Gasteiger partial charge on any atom is -0.336 e. The van der Waals surface area contributed by atoms with Crippen LogP contribution in [0, 0.1) is 6.92 Å². The van der Waals surface area contributed by atoms with Gasteiger partial charge in [0.15, 0.2) is 0 Å². The summed E-state index contributed by atoms with van der Waals surface area (Å²) < 4.78 is 22.8. The first-order valence-corrected chi connectivity index (χ1v) is 8.98. The van der Waals surface area contributed by atoms with E-state index in [1.807, 2.05) is 11.8 Å². The Morgan fingerprint density at radius 1 is 1.35 bits per heavy atom. The third-order valence-corrected chi connectivity index (χ3v) is 5.14. The van der Waals surface area contributed by atoms with Crippen molar-refractivity contribution in [3.8, 4) is 0 Å². The van der Waals surface area contributed by atoms with Gasteiger partial charge in [0.05, 0.1) is 4.90 Å². The van der Waals surface area contributed by atoms with Crippen LogP contribution in [-0.2, 0) is 9.05 Å². The number of nitrogens with zero attached hydrogens (tertiary/aromatic N) is 1. The molecular formula is C14H18ClNO3S. The molecule has 1 unspecified atom stereocenters. The molecule has 6 heteroatoms. The second kappa shape index (κ2) is 5.74. The fourth-order valence-corrected chi connectivity index (χ4v) is 3.31. The molecule has 0 aliphatic carbocycles. The van der Waals surface area contributed by atoms with Crippen LogP contribution in [0.2, 0.25) is 0 Å². The van der Waals surface area contributed by atoms with Gasteiger partial charge in [0, 0.05) is 28.8 Å². The fourth-order valence-electron chi connectivity index (χ4n) is 2.54. The van der Waals surface area contributed by atoms with Gasteiger partial charge in [0.2, 0.25) is 0 Å². The third kappa shape index (κ3) is 3.15. The lowest BCUT2D eigenvalue weighted by Gasteiger charge is -2.33. The average molecular weight is 316 g/mol. The lowest BCUT2D eigenvalue weighted by molar-refractivity contribution is 0.0634. The highest BCUT2D eigenvalue weighted by Crippen LogP contribution is 2.24. The standard InChI is InChI=1S/C14H18ClNO3S/c1-10-6-7-12(20(15,18)19)9-13(10)14(17)16-8-4-3-5-11(16)2/h6-7,9,11H,3-5,8H2,1-2H3. The minimum atomic E-state index is -3.82. The van der Waals surface area contributed by atoms with E-state index in [2.05, 4.69) is 0 Å². The predicted octanol–water partition coefficient (Wildman–Crippen LogP) is 2.94. The average Bonchev–Trinajstić information content (AvgIpc) is 2.37. The maximum Gasteiger partial charge on any atom is 0.261 e. The largest absolute Gasteiger partial charge is 0.336 e. The molecule has 20 heavy (non-hydrogen) atoms. The van der Waals surface area contributed by atoms with E-state index in [0.29, 0.717) is 5.56 Å². The lowest BCUT2D eigenvalue weighted by Crippen LogP contribution is -2.42. The zero-order valence-electron chi connectivity index (χ0n) is 11.6. The SMILES string of the molecule is Cc1ccc(S(=O)(=O)Cl)cc1C(=O)N1CCCCC1C. The van der Waals surface area contributed by atoms with Crippen LogP contribution in [0.1, 0.15) is 42.1 Å². The van der Waals surface area contributed by atoms with Gasteiger partial charge in [-0.2, -0.15) is 0 Å². The number of hydrogen-bond donors (Lipinski definition) is 0. The molecule has 0 bridgehead atoms. The van der Waals surface area contributed by atoms with Crippen LogP contribution in [0.4, 0.5) is 0 Å². The molecule has 0 N–H and O–H groups in total. The fraction of sp³-hybridized carbons (Fsp3) is 0.500. The molecule has 2 rings (SSSR count). The summed E-state index contributed by atoms with van der Waals surface area (Å²) in [6.07, 6.45) is 3.10.